The Morgan fingerprint density at radius 3 is 2.58 bits per heavy atom. The topological polar surface area (TPSA) is 109 Å². The number of hydrogen-bond acceptors (Lipinski definition) is 7. The van der Waals surface area contributed by atoms with Crippen molar-refractivity contribution >= 4 is 29.0 Å². The minimum atomic E-state index is -1.07. The van der Waals surface area contributed by atoms with E-state index in [2.05, 4.69) is 10.3 Å². The van der Waals surface area contributed by atoms with Crippen LogP contribution < -0.4 is 5.32 Å². The molecular weight excluding hydrogens is 354 g/mol. The van der Waals surface area contributed by atoms with Crippen LogP contribution in [0.2, 0.25) is 0 Å². The van der Waals surface area contributed by atoms with Crippen LogP contribution in [0.3, 0.4) is 0 Å². The first-order valence-corrected chi connectivity index (χ1v) is 8.67. The van der Waals surface area contributed by atoms with E-state index in [4.69, 9.17) is 4.74 Å². The van der Waals surface area contributed by atoms with E-state index in [1.54, 1.807) is 42.6 Å². The summed E-state index contributed by atoms with van der Waals surface area (Å²) in [5.41, 5.74) is 1.12. The van der Waals surface area contributed by atoms with Crippen molar-refractivity contribution in [1.29, 1.82) is 5.26 Å². The summed E-state index contributed by atoms with van der Waals surface area (Å²) in [6.45, 7) is 2.66. The van der Waals surface area contributed by atoms with Crippen molar-refractivity contribution in [3.8, 4) is 6.07 Å². The molecule has 2 aromatic rings. The summed E-state index contributed by atoms with van der Waals surface area (Å²) in [4.78, 5) is 40.2. The molecule has 0 aliphatic carbocycles. The molecule has 0 aliphatic heterocycles. The zero-order valence-corrected chi connectivity index (χ0v) is 15.1. The van der Waals surface area contributed by atoms with E-state index in [0.29, 0.717) is 16.3 Å². The Hall–Kier alpha value is -3.05. The van der Waals surface area contributed by atoms with Gasteiger partial charge < -0.3 is 10.1 Å². The van der Waals surface area contributed by atoms with Gasteiger partial charge in [0.1, 0.15) is 11.0 Å². The number of Topliss-reactive ketones (excluding diaryl/α,β-unsaturated/α-hetero) is 1. The second-order valence-electron chi connectivity index (χ2n) is 5.52. The number of aryl methyl sites for hydroxylation is 1. The fraction of sp³-hybridized carbons (Fsp3) is 0.278. The quantitative estimate of drug-likeness (QED) is 0.746. The predicted octanol–water partition coefficient (Wildman–Crippen LogP) is 1.99. The third kappa shape index (κ3) is 4.97. The van der Waals surface area contributed by atoms with Crippen LogP contribution >= 0.6 is 11.3 Å². The molecule has 1 aromatic carbocycles. The molecule has 1 amide bonds. The Bertz CT molecular complexity index is 842. The Balaban J connectivity index is 1.88. The van der Waals surface area contributed by atoms with Crippen LogP contribution in [-0.2, 0) is 14.3 Å². The van der Waals surface area contributed by atoms with Crippen LogP contribution in [0.15, 0.2) is 35.7 Å². The van der Waals surface area contributed by atoms with E-state index in [9.17, 15) is 19.6 Å². The second-order valence-corrected chi connectivity index (χ2v) is 6.41. The highest BCUT2D eigenvalue weighted by molar-refractivity contribution is 7.09. The number of esters is 1. The van der Waals surface area contributed by atoms with Crippen molar-refractivity contribution in [1.82, 2.24) is 10.3 Å². The normalized spacial score (nSPS) is 12.5. The molecule has 2 atom stereocenters. The molecule has 0 radical (unpaired) electrons. The summed E-state index contributed by atoms with van der Waals surface area (Å²) < 4.78 is 4.94. The van der Waals surface area contributed by atoms with Crippen LogP contribution in [-0.4, -0.2) is 35.3 Å². The molecule has 7 nitrogen and oxygen atoms in total. The van der Waals surface area contributed by atoms with Gasteiger partial charge in [0.2, 0.25) is 0 Å². The molecule has 1 N–H and O–H groups in total. The number of amides is 1. The molecule has 0 saturated carbocycles. The maximum Gasteiger partial charge on any atom is 0.328 e. The molecule has 0 fully saturated rings. The van der Waals surface area contributed by atoms with Crippen LogP contribution in [0.1, 0.15) is 33.9 Å². The predicted molar refractivity (Wildman–Crippen MR) is 94.5 cm³/mol. The highest BCUT2D eigenvalue weighted by Gasteiger charge is 2.26. The van der Waals surface area contributed by atoms with Crippen molar-refractivity contribution in [3.05, 3.63) is 52.0 Å². The Morgan fingerprint density at radius 2 is 2.00 bits per heavy atom. The number of thiazole rings is 1. The lowest BCUT2D eigenvalue weighted by Gasteiger charge is -2.13. The summed E-state index contributed by atoms with van der Waals surface area (Å²) in [7, 11) is 0. The molecule has 0 spiro atoms. The maximum absolute atomic E-state index is 12.1. The number of hydrogen-bond donors (Lipinski definition) is 1. The lowest BCUT2D eigenvalue weighted by molar-refractivity contribution is -0.149. The van der Waals surface area contributed by atoms with Crippen molar-refractivity contribution in [2.75, 3.05) is 6.61 Å². The van der Waals surface area contributed by atoms with Gasteiger partial charge in [-0.05, 0) is 26.0 Å². The minimum absolute atomic E-state index is 0.372. The van der Waals surface area contributed by atoms with E-state index in [1.807, 2.05) is 6.07 Å². The lowest BCUT2D eigenvalue weighted by atomic mass is 10.1. The van der Waals surface area contributed by atoms with Gasteiger partial charge in [-0.25, -0.2) is 9.78 Å². The summed E-state index contributed by atoms with van der Waals surface area (Å²) in [5, 5.41) is 13.8. The van der Waals surface area contributed by atoms with Crippen molar-refractivity contribution in [2.24, 2.45) is 0 Å². The van der Waals surface area contributed by atoms with E-state index in [0.717, 1.165) is 0 Å². The van der Waals surface area contributed by atoms with Gasteiger partial charge in [0.05, 0.1) is 6.07 Å². The zero-order chi connectivity index (χ0) is 19.1. The Morgan fingerprint density at radius 1 is 1.31 bits per heavy atom. The fourth-order valence-corrected chi connectivity index (χ4v) is 2.91. The molecule has 26 heavy (non-hydrogen) atoms. The van der Waals surface area contributed by atoms with Crippen molar-refractivity contribution in [3.63, 3.8) is 0 Å². The van der Waals surface area contributed by atoms with Gasteiger partial charge in [-0.15, -0.1) is 11.3 Å². The fourth-order valence-electron chi connectivity index (χ4n) is 2.05. The minimum Gasteiger partial charge on any atom is -0.456 e. The zero-order valence-electron chi connectivity index (χ0n) is 14.3. The molecule has 0 saturated heterocycles. The number of ether oxygens (including phenoxy) is 1. The molecule has 1 aromatic heterocycles. The second kappa shape index (κ2) is 8.87. The first-order chi connectivity index (χ1) is 12.4. The number of aromatic nitrogens is 1. The highest BCUT2D eigenvalue weighted by atomic mass is 32.1. The summed E-state index contributed by atoms with van der Waals surface area (Å²) in [5.74, 6) is -2.81. The Kier molecular flexibility index (Phi) is 6.58. The number of rotatable bonds is 7. The van der Waals surface area contributed by atoms with Crippen molar-refractivity contribution < 1.29 is 19.1 Å². The molecule has 8 heteroatoms. The van der Waals surface area contributed by atoms with Gasteiger partial charge in [0.15, 0.2) is 18.3 Å². The number of carbonyl (C=O) groups is 3. The van der Waals surface area contributed by atoms with E-state index in [-0.39, 0.29) is 0 Å². The molecule has 2 rings (SSSR count). The van der Waals surface area contributed by atoms with Gasteiger partial charge in [-0.1, -0.05) is 18.2 Å². The number of ketones is 1. The largest absolute Gasteiger partial charge is 0.456 e. The summed E-state index contributed by atoms with van der Waals surface area (Å²) in [6, 6.07) is 9.36. The molecular formula is C18H17N3O4S. The number of nitriles is 1. The monoisotopic (exact) mass is 371 g/mol. The first-order valence-electron chi connectivity index (χ1n) is 7.79. The average Bonchev–Trinajstić information content (AvgIpc) is 3.06. The van der Waals surface area contributed by atoms with Gasteiger partial charge in [0, 0.05) is 16.6 Å². The number of nitrogens with one attached hydrogen (secondary N) is 1. The van der Waals surface area contributed by atoms with Crippen LogP contribution in [0, 0.1) is 18.3 Å². The van der Waals surface area contributed by atoms with Gasteiger partial charge in [-0.2, -0.15) is 5.26 Å². The van der Waals surface area contributed by atoms with Gasteiger partial charge in [0.25, 0.3) is 5.91 Å². The third-order valence-corrected chi connectivity index (χ3v) is 4.46. The standard InChI is InChI=1S/C18H17N3O4S/c1-11-10-26-17(20-11)14(8-19)15(22)9-25-18(24)12(2)21-16(23)13-6-4-3-5-7-13/h3-7,10,12,14H,9H2,1-2H3,(H,21,23)/t12-,14-/m0/s1. The van der Waals surface area contributed by atoms with E-state index < -0.39 is 36.2 Å². The smallest absolute Gasteiger partial charge is 0.328 e. The molecule has 0 unspecified atom stereocenters. The average molecular weight is 371 g/mol. The van der Waals surface area contributed by atoms with E-state index >= 15 is 0 Å². The number of carbonyl (C=O) groups excluding carboxylic acids is 3. The van der Waals surface area contributed by atoms with Gasteiger partial charge >= 0.3 is 5.97 Å². The van der Waals surface area contributed by atoms with Crippen LogP contribution in [0.25, 0.3) is 0 Å². The van der Waals surface area contributed by atoms with Gasteiger partial charge in [-0.3, -0.25) is 9.59 Å². The highest BCUT2D eigenvalue weighted by Crippen LogP contribution is 2.20. The molecule has 0 aliphatic rings. The molecule has 134 valence electrons. The third-order valence-electron chi connectivity index (χ3n) is 3.43. The lowest BCUT2D eigenvalue weighted by Crippen LogP contribution is -2.40. The SMILES string of the molecule is Cc1csc([C@@H](C#N)C(=O)COC(=O)[C@H](C)NC(=O)c2ccccc2)n1. The summed E-state index contributed by atoms with van der Waals surface area (Å²) in [6.07, 6.45) is 0. The number of nitrogens with zero attached hydrogens (tertiary/aromatic N) is 2. The Labute approximate surface area is 154 Å². The maximum atomic E-state index is 12.1. The molecule has 0 bridgehead atoms. The van der Waals surface area contributed by atoms with Crippen molar-refractivity contribution in [2.45, 2.75) is 25.8 Å². The van der Waals surface area contributed by atoms with Crippen LogP contribution in [0.4, 0.5) is 0 Å². The molecule has 1 heterocycles. The summed E-state index contributed by atoms with van der Waals surface area (Å²) >= 11 is 1.21. The first kappa shape index (κ1) is 19.3. The van der Waals surface area contributed by atoms with E-state index in [1.165, 1.54) is 18.3 Å². The number of benzene rings is 1. The van der Waals surface area contributed by atoms with Crippen LogP contribution in [0.5, 0.6) is 0 Å².